The van der Waals surface area contributed by atoms with Crippen molar-refractivity contribution in [1.82, 2.24) is 4.90 Å². The summed E-state index contributed by atoms with van der Waals surface area (Å²) in [5, 5.41) is 8.67. The van der Waals surface area contributed by atoms with Gasteiger partial charge in [0.05, 0.1) is 29.4 Å². The van der Waals surface area contributed by atoms with Gasteiger partial charge in [0.1, 0.15) is 5.75 Å². The number of benzene rings is 4. The minimum Gasteiger partial charge on any atom is -0.496 e. The number of nitrogens with zero attached hydrogens (tertiary/aromatic N) is 1. The van der Waals surface area contributed by atoms with Crippen molar-refractivity contribution < 1.29 is 58.9 Å². The van der Waals surface area contributed by atoms with Gasteiger partial charge in [0, 0.05) is 18.2 Å². The van der Waals surface area contributed by atoms with Crippen molar-refractivity contribution in [3.05, 3.63) is 112 Å². The SMILES string of the molecule is COc1ccc(-c2ccc(C(=O)O)cc2C)cc1-c1ccc(C(F)(F)F)cc1CN(C(=O)SC)C(C)Cc1cc(C(F)(F)F)cc(C(F)(F)F)c1. The van der Waals surface area contributed by atoms with Crippen molar-refractivity contribution in [2.45, 2.75) is 51.4 Å². The first-order chi connectivity index (χ1) is 23.6. The normalized spacial score (nSPS) is 12.8. The number of carbonyl (C=O) groups is 2. The molecule has 4 aromatic carbocycles. The lowest BCUT2D eigenvalue weighted by molar-refractivity contribution is -0.143. The molecule has 1 amide bonds. The molecule has 0 spiro atoms. The van der Waals surface area contributed by atoms with Crippen LogP contribution in [-0.4, -0.2) is 40.6 Å². The van der Waals surface area contributed by atoms with Gasteiger partial charge in [0.15, 0.2) is 0 Å². The molecule has 51 heavy (non-hydrogen) atoms. The van der Waals surface area contributed by atoms with Gasteiger partial charge in [-0.25, -0.2) is 4.79 Å². The summed E-state index contributed by atoms with van der Waals surface area (Å²) >= 11 is 0.668. The molecule has 272 valence electrons. The Kier molecular flexibility index (Phi) is 11.4. The molecular formula is C36H30F9NO4S. The summed E-state index contributed by atoms with van der Waals surface area (Å²) < 4.78 is 129. The fraction of sp³-hybridized carbons (Fsp3) is 0.278. The summed E-state index contributed by atoms with van der Waals surface area (Å²) in [4.78, 5) is 25.8. The lowest BCUT2D eigenvalue weighted by Crippen LogP contribution is -2.37. The molecule has 0 aliphatic carbocycles. The van der Waals surface area contributed by atoms with Crippen LogP contribution in [0, 0.1) is 6.92 Å². The van der Waals surface area contributed by atoms with Gasteiger partial charge in [-0.15, -0.1) is 0 Å². The van der Waals surface area contributed by atoms with Gasteiger partial charge in [0.2, 0.25) is 0 Å². The van der Waals surface area contributed by atoms with E-state index in [9.17, 15) is 54.2 Å². The molecule has 4 aromatic rings. The predicted molar refractivity (Wildman–Crippen MR) is 175 cm³/mol. The number of hydrogen-bond acceptors (Lipinski definition) is 4. The molecule has 0 heterocycles. The Hall–Kier alpha value is -4.66. The Labute approximate surface area is 291 Å². The topological polar surface area (TPSA) is 66.8 Å². The van der Waals surface area contributed by atoms with E-state index < -0.39 is 65.4 Å². The third-order valence-corrected chi connectivity index (χ3v) is 8.75. The molecule has 0 aromatic heterocycles. The van der Waals surface area contributed by atoms with Crippen molar-refractivity contribution in [3.8, 4) is 28.0 Å². The summed E-state index contributed by atoms with van der Waals surface area (Å²) in [5.41, 5.74) is -2.25. The Morgan fingerprint density at radius 3 is 1.86 bits per heavy atom. The Morgan fingerprint density at radius 1 is 0.765 bits per heavy atom. The number of methoxy groups -OCH3 is 1. The van der Waals surface area contributed by atoms with Gasteiger partial charge in [-0.1, -0.05) is 30.0 Å². The average molecular weight is 744 g/mol. The maximum absolute atomic E-state index is 14.0. The van der Waals surface area contributed by atoms with Gasteiger partial charge in [0.25, 0.3) is 5.24 Å². The Bertz CT molecular complexity index is 1910. The van der Waals surface area contributed by atoms with Crippen LogP contribution in [0.2, 0.25) is 0 Å². The molecular weight excluding hydrogens is 713 g/mol. The highest BCUT2D eigenvalue weighted by Gasteiger charge is 2.37. The van der Waals surface area contributed by atoms with Crippen LogP contribution >= 0.6 is 11.8 Å². The second-order valence-electron chi connectivity index (χ2n) is 11.7. The zero-order valence-electron chi connectivity index (χ0n) is 27.3. The zero-order valence-corrected chi connectivity index (χ0v) is 28.2. The van der Waals surface area contributed by atoms with E-state index in [1.165, 1.54) is 38.5 Å². The van der Waals surface area contributed by atoms with Crippen LogP contribution in [-0.2, 0) is 31.5 Å². The molecule has 0 saturated heterocycles. The largest absolute Gasteiger partial charge is 0.496 e. The van der Waals surface area contributed by atoms with E-state index >= 15 is 0 Å². The molecule has 0 saturated carbocycles. The standard InChI is InChI=1S/C36H30F9NO4S/c1-19-11-23(32(47)48)5-8-28(19)22-6-10-31(50-3)30(16-22)29-9-7-25(34(37,38)39)15-24(29)18-46(33(49)51-4)20(2)12-21-13-26(35(40,41)42)17-27(14-21)36(43,44)45/h5-11,13-17,20H,12,18H2,1-4H3,(H,47,48). The van der Waals surface area contributed by atoms with Gasteiger partial charge in [-0.3, -0.25) is 4.79 Å². The number of halogens is 9. The molecule has 0 radical (unpaired) electrons. The van der Waals surface area contributed by atoms with Crippen molar-refractivity contribution in [3.63, 3.8) is 0 Å². The molecule has 1 N–H and O–H groups in total. The fourth-order valence-corrected chi connectivity index (χ4v) is 6.14. The number of carbonyl (C=O) groups excluding carboxylic acids is 1. The molecule has 15 heteroatoms. The number of hydrogen-bond donors (Lipinski definition) is 1. The lowest BCUT2D eigenvalue weighted by Gasteiger charge is -2.30. The van der Waals surface area contributed by atoms with Gasteiger partial charge in [-0.05, 0) is 115 Å². The van der Waals surface area contributed by atoms with E-state index in [4.69, 9.17) is 4.74 Å². The van der Waals surface area contributed by atoms with E-state index in [1.54, 1.807) is 31.2 Å². The van der Waals surface area contributed by atoms with Gasteiger partial charge in [-0.2, -0.15) is 39.5 Å². The fourth-order valence-electron chi connectivity index (χ4n) is 5.66. The first-order valence-electron chi connectivity index (χ1n) is 15.0. The molecule has 1 unspecified atom stereocenters. The molecule has 0 fully saturated rings. The quantitative estimate of drug-likeness (QED) is 0.173. The number of alkyl halides is 9. The number of ether oxygens (including phenoxy) is 1. The summed E-state index contributed by atoms with van der Waals surface area (Å²) in [6.45, 7) is 2.55. The van der Waals surface area contributed by atoms with Crippen molar-refractivity contribution in [2.75, 3.05) is 13.4 Å². The lowest BCUT2D eigenvalue weighted by atomic mass is 9.91. The summed E-state index contributed by atoms with van der Waals surface area (Å²) in [5.74, 6) is -0.902. The average Bonchev–Trinajstić information content (AvgIpc) is 3.05. The zero-order chi connectivity index (χ0) is 38.1. The summed E-state index contributed by atoms with van der Waals surface area (Å²) in [7, 11) is 1.34. The maximum atomic E-state index is 14.0. The molecule has 0 aliphatic rings. The molecule has 1 atom stereocenters. The van der Waals surface area contributed by atoms with Crippen molar-refractivity contribution in [1.29, 1.82) is 0 Å². The second-order valence-corrected chi connectivity index (χ2v) is 12.4. The first-order valence-corrected chi connectivity index (χ1v) is 16.2. The monoisotopic (exact) mass is 743 g/mol. The van der Waals surface area contributed by atoms with E-state index in [2.05, 4.69) is 0 Å². The third kappa shape index (κ3) is 9.18. The summed E-state index contributed by atoms with van der Waals surface area (Å²) in [6.07, 6.45) is -14.1. The Balaban J connectivity index is 1.85. The maximum Gasteiger partial charge on any atom is 0.416 e. The number of rotatable bonds is 9. The number of amides is 1. The van der Waals surface area contributed by atoms with E-state index in [1.807, 2.05) is 0 Å². The van der Waals surface area contributed by atoms with Gasteiger partial charge < -0.3 is 14.7 Å². The van der Waals surface area contributed by atoms with Crippen LogP contribution < -0.4 is 4.74 Å². The van der Waals surface area contributed by atoms with Gasteiger partial charge >= 0.3 is 24.5 Å². The van der Waals surface area contributed by atoms with E-state index in [0.717, 1.165) is 17.0 Å². The van der Waals surface area contributed by atoms with Crippen molar-refractivity contribution in [2.24, 2.45) is 0 Å². The molecule has 5 nitrogen and oxygen atoms in total. The smallest absolute Gasteiger partial charge is 0.416 e. The highest BCUT2D eigenvalue weighted by molar-refractivity contribution is 8.12. The minimum absolute atomic E-state index is 0.0165. The molecule has 0 aliphatic heterocycles. The van der Waals surface area contributed by atoms with Crippen molar-refractivity contribution >= 4 is 23.0 Å². The summed E-state index contributed by atoms with van der Waals surface area (Å²) in [6, 6.07) is 12.1. The van der Waals surface area contributed by atoms with E-state index in [-0.39, 0.29) is 34.1 Å². The second kappa shape index (κ2) is 14.9. The number of carboxylic acid groups (broad SMARTS) is 1. The van der Waals surface area contributed by atoms with Crippen LogP contribution in [0.3, 0.4) is 0 Å². The molecule has 4 rings (SSSR count). The van der Waals surface area contributed by atoms with E-state index in [0.29, 0.717) is 46.1 Å². The van der Waals surface area contributed by atoms with Crippen LogP contribution in [0.5, 0.6) is 5.75 Å². The molecule has 0 bridgehead atoms. The number of aryl methyl sites for hydroxylation is 1. The highest BCUT2D eigenvalue weighted by Crippen LogP contribution is 2.41. The number of thioether (sulfide) groups is 1. The number of aromatic carboxylic acids is 1. The van der Waals surface area contributed by atoms with Crippen LogP contribution in [0.25, 0.3) is 22.3 Å². The number of carboxylic acids is 1. The first kappa shape index (κ1) is 39.1. The highest BCUT2D eigenvalue weighted by atomic mass is 32.2. The van der Waals surface area contributed by atoms with Crippen LogP contribution in [0.1, 0.15) is 50.7 Å². The minimum atomic E-state index is -5.11. The predicted octanol–water partition coefficient (Wildman–Crippen LogP) is 11.0. The Morgan fingerprint density at radius 2 is 1.35 bits per heavy atom. The van der Waals surface area contributed by atoms with Crippen LogP contribution in [0.15, 0.2) is 72.8 Å². The van der Waals surface area contributed by atoms with Crippen LogP contribution in [0.4, 0.5) is 44.3 Å². The third-order valence-electron chi connectivity index (χ3n) is 8.17.